The van der Waals surface area contributed by atoms with Crippen molar-refractivity contribution in [3.05, 3.63) is 71.3 Å². The van der Waals surface area contributed by atoms with Gasteiger partial charge in [-0.1, -0.05) is 49.4 Å². The lowest BCUT2D eigenvalue weighted by atomic mass is 9.83. The van der Waals surface area contributed by atoms with Crippen LogP contribution in [0.3, 0.4) is 0 Å². The van der Waals surface area contributed by atoms with E-state index in [2.05, 4.69) is 60.0 Å². The van der Waals surface area contributed by atoms with E-state index in [0.29, 0.717) is 17.4 Å². The second kappa shape index (κ2) is 8.29. The second-order valence-corrected chi connectivity index (χ2v) is 9.11. The fraction of sp³-hybridized carbons (Fsp3) is 0.480. The fourth-order valence-corrected chi connectivity index (χ4v) is 5.28. The van der Waals surface area contributed by atoms with E-state index in [9.17, 15) is 9.90 Å². The van der Waals surface area contributed by atoms with Gasteiger partial charge in [0.05, 0.1) is 5.56 Å². The molecule has 0 radical (unpaired) electrons. The van der Waals surface area contributed by atoms with Gasteiger partial charge < -0.3 is 5.11 Å². The highest BCUT2D eigenvalue weighted by Gasteiger charge is 2.45. The largest absolute Gasteiger partial charge is 0.478 e. The summed E-state index contributed by atoms with van der Waals surface area (Å²) >= 11 is 0. The number of likely N-dealkylation sites (tertiary alicyclic amines) is 2. The van der Waals surface area contributed by atoms with E-state index in [1.165, 1.54) is 11.1 Å². The predicted molar refractivity (Wildman–Crippen MR) is 116 cm³/mol. The van der Waals surface area contributed by atoms with Gasteiger partial charge in [-0.2, -0.15) is 0 Å². The Balaban J connectivity index is 1.38. The van der Waals surface area contributed by atoms with Crippen LogP contribution in [0.1, 0.15) is 54.1 Å². The van der Waals surface area contributed by atoms with Crippen molar-refractivity contribution in [2.45, 2.75) is 44.7 Å². The third kappa shape index (κ3) is 4.24. The first kappa shape index (κ1) is 20.1. The Hall–Kier alpha value is -2.17. The number of nitrogens with zero attached hydrogens (tertiary/aromatic N) is 2. The number of piperidine rings is 1. The Labute approximate surface area is 174 Å². The first-order valence-electron chi connectivity index (χ1n) is 10.8. The van der Waals surface area contributed by atoms with Crippen LogP contribution in [0.4, 0.5) is 0 Å². The first-order chi connectivity index (χ1) is 14.0. The van der Waals surface area contributed by atoms with Crippen LogP contribution in [-0.4, -0.2) is 52.6 Å². The van der Waals surface area contributed by atoms with Gasteiger partial charge in [-0.15, -0.1) is 0 Å². The number of aromatic carboxylic acids is 1. The van der Waals surface area contributed by atoms with Crippen LogP contribution < -0.4 is 0 Å². The van der Waals surface area contributed by atoms with E-state index in [1.807, 2.05) is 12.1 Å². The van der Waals surface area contributed by atoms with Crippen molar-refractivity contribution in [2.75, 3.05) is 26.2 Å². The number of carboxylic acids is 1. The summed E-state index contributed by atoms with van der Waals surface area (Å²) < 4.78 is 0. The molecule has 0 spiro atoms. The molecule has 0 saturated carbocycles. The normalized spacial score (nSPS) is 26.6. The zero-order valence-corrected chi connectivity index (χ0v) is 17.6. The highest BCUT2D eigenvalue weighted by Crippen LogP contribution is 2.38. The number of hydrogen-bond acceptors (Lipinski definition) is 3. The number of benzene rings is 2. The zero-order valence-electron chi connectivity index (χ0n) is 17.6. The molecule has 4 rings (SSSR count). The SMILES string of the molecule is CC1CN(Cc2ccccc2)CC1(C)N1CCC(c2cccc(C(=O)O)c2)CC1. The minimum atomic E-state index is -0.838. The van der Waals surface area contributed by atoms with Crippen LogP contribution in [0.5, 0.6) is 0 Å². The molecule has 2 atom stereocenters. The summed E-state index contributed by atoms with van der Waals surface area (Å²) in [5.74, 6) is 0.263. The lowest BCUT2D eigenvalue weighted by molar-refractivity contribution is 0.0547. The molecule has 2 aliphatic heterocycles. The van der Waals surface area contributed by atoms with E-state index < -0.39 is 5.97 Å². The quantitative estimate of drug-likeness (QED) is 0.815. The van der Waals surface area contributed by atoms with Gasteiger partial charge >= 0.3 is 5.97 Å². The van der Waals surface area contributed by atoms with Crippen LogP contribution in [0.25, 0.3) is 0 Å². The maximum atomic E-state index is 11.3. The van der Waals surface area contributed by atoms with Crippen molar-refractivity contribution >= 4 is 5.97 Å². The molecule has 1 N–H and O–H groups in total. The molecular weight excluding hydrogens is 360 g/mol. The second-order valence-electron chi connectivity index (χ2n) is 9.11. The van der Waals surface area contributed by atoms with Crippen LogP contribution in [0, 0.1) is 5.92 Å². The highest BCUT2D eigenvalue weighted by atomic mass is 16.4. The van der Waals surface area contributed by atoms with Gasteiger partial charge in [-0.25, -0.2) is 4.79 Å². The molecular formula is C25H32N2O2. The monoisotopic (exact) mass is 392 g/mol. The van der Waals surface area contributed by atoms with E-state index >= 15 is 0 Å². The molecule has 29 heavy (non-hydrogen) atoms. The molecule has 2 fully saturated rings. The summed E-state index contributed by atoms with van der Waals surface area (Å²) in [4.78, 5) is 16.6. The summed E-state index contributed by atoms with van der Waals surface area (Å²) in [6, 6.07) is 18.3. The lowest BCUT2D eigenvalue weighted by Gasteiger charge is -2.45. The molecule has 2 aromatic rings. The van der Waals surface area contributed by atoms with Gasteiger partial charge in [0.2, 0.25) is 0 Å². The van der Waals surface area contributed by atoms with E-state index in [4.69, 9.17) is 0 Å². The van der Waals surface area contributed by atoms with Crippen molar-refractivity contribution in [2.24, 2.45) is 5.92 Å². The number of carboxylic acid groups (broad SMARTS) is 1. The van der Waals surface area contributed by atoms with Gasteiger partial charge in [-0.3, -0.25) is 9.80 Å². The van der Waals surface area contributed by atoms with Crippen LogP contribution in [0.15, 0.2) is 54.6 Å². The third-order valence-electron chi connectivity index (χ3n) is 7.21. The summed E-state index contributed by atoms with van der Waals surface area (Å²) in [5, 5.41) is 9.27. The van der Waals surface area contributed by atoms with Gasteiger partial charge in [0.15, 0.2) is 0 Å². The molecule has 0 aliphatic carbocycles. The van der Waals surface area contributed by atoms with Gasteiger partial charge in [0, 0.05) is 25.2 Å². The molecule has 2 aromatic carbocycles. The minimum Gasteiger partial charge on any atom is -0.478 e. The minimum absolute atomic E-state index is 0.211. The summed E-state index contributed by atoms with van der Waals surface area (Å²) in [6.07, 6.45) is 2.20. The molecule has 4 heteroatoms. The lowest BCUT2D eigenvalue weighted by Crippen LogP contribution is -2.54. The Morgan fingerprint density at radius 1 is 1.10 bits per heavy atom. The smallest absolute Gasteiger partial charge is 0.335 e. The van der Waals surface area contributed by atoms with Crippen molar-refractivity contribution < 1.29 is 9.90 Å². The van der Waals surface area contributed by atoms with Gasteiger partial charge in [-0.05, 0) is 68.0 Å². The fourth-order valence-electron chi connectivity index (χ4n) is 5.28. The molecule has 4 nitrogen and oxygen atoms in total. The van der Waals surface area contributed by atoms with E-state index in [-0.39, 0.29) is 5.54 Å². The molecule has 0 bridgehead atoms. The predicted octanol–water partition coefficient (Wildman–Crippen LogP) is 4.47. The van der Waals surface area contributed by atoms with Crippen molar-refractivity contribution in [3.63, 3.8) is 0 Å². The van der Waals surface area contributed by atoms with Gasteiger partial charge in [0.25, 0.3) is 0 Å². The van der Waals surface area contributed by atoms with E-state index in [0.717, 1.165) is 45.6 Å². The highest BCUT2D eigenvalue weighted by molar-refractivity contribution is 5.87. The van der Waals surface area contributed by atoms with Crippen molar-refractivity contribution in [3.8, 4) is 0 Å². The standard InChI is InChI=1S/C25H32N2O2/c1-19-16-26(17-20-7-4-3-5-8-20)18-25(19,2)27-13-11-21(12-14-27)22-9-6-10-23(15-22)24(28)29/h3-10,15,19,21H,11-14,16-18H2,1-2H3,(H,28,29). The Morgan fingerprint density at radius 3 is 2.52 bits per heavy atom. The Bertz CT molecular complexity index is 845. The zero-order chi connectivity index (χ0) is 20.4. The Morgan fingerprint density at radius 2 is 1.83 bits per heavy atom. The summed E-state index contributed by atoms with van der Waals surface area (Å²) in [7, 11) is 0. The van der Waals surface area contributed by atoms with Crippen LogP contribution in [-0.2, 0) is 6.54 Å². The molecule has 0 aromatic heterocycles. The average molecular weight is 393 g/mol. The number of hydrogen-bond donors (Lipinski definition) is 1. The topological polar surface area (TPSA) is 43.8 Å². The molecule has 154 valence electrons. The maximum Gasteiger partial charge on any atom is 0.335 e. The molecule has 0 amide bonds. The van der Waals surface area contributed by atoms with Gasteiger partial charge in [0.1, 0.15) is 0 Å². The first-order valence-corrected chi connectivity index (χ1v) is 10.8. The van der Waals surface area contributed by atoms with E-state index in [1.54, 1.807) is 6.07 Å². The third-order valence-corrected chi connectivity index (χ3v) is 7.21. The number of carbonyl (C=O) groups is 1. The maximum absolute atomic E-state index is 11.3. The number of rotatable bonds is 5. The molecule has 2 aliphatic rings. The summed E-state index contributed by atoms with van der Waals surface area (Å²) in [6.45, 7) is 10.3. The van der Waals surface area contributed by atoms with Crippen molar-refractivity contribution in [1.82, 2.24) is 9.80 Å². The van der Waals surface area contributed by atoms with Crippen LogP contribution in [0.2, 0.25) is 0 Å². The summed E-state index contributed by atoms with van der Waals surface area (Å²) in [5.41, 5.74) is 3.18. The molecule has 2 heterocycles. The Kier molecular flexibility index (Phi) is 5.75. The molecule has 2 unspecified atom stereocenters. The van der Waals surface area contributed by atoms with Crippen molar-refractivity contribution in [1.29, 1.82) is 0 Å². The molecule has 2 saturated heterocycles. The average Bonchev–Trinajstić information content (AvgIpc) is 3.03. The van der Waals surface area contributed by atoms with Crippen LogP contribution >= 0.6 is 0 Å².